The molecule has 0 aliphatic rings. The molecule has 0 fully saturated rings. The molecule has 1 aromatic carbocycles. The molecule has 0 saturated heterocycles. The molecule has 0 spiro atoms. The van der Waals surface area contributed by atoms with Crippen molar-refractivity contribution in [2.75, 3.05) is 6.61 Å². The van der Waals surface area contributed by atoms with Crippen molar-refractivity contribution in [1.29, 1.82) is 0 Å². The molecule has 0 radical (unpaired) electrons. The summed E-state index contributed by atoms with van der Waals surface area (Å²) in [6.07, 6.45) is 1.87. The van der Waals surface area contributed by atoms with Gasteiger partial charge in [-0.2, -0.15) is 0 Å². The molecule has 0 saturated carbocycles. The van der Waals surface area contributed by atoms with Gasteiger partial charge < -0.3 is 15.0 Å². The van der Waals surface area contributed by atoms with E-state index in [-0.39, 0.29) is 18.6 Å². The molecule has 1 atom stereocenters. The molecule has 1 heterocycles. The molecule has 0 aliphatic carbocycles. The van der Waals surface area contributed by atoms with Crippen molar-refractivity contribution in [3.8, 4) is 0 Å². The summed E-state index contributed by atoms with van der Waals surface area (Å²) in [6.45, 7) is 3.86. The largest absolute Gasteiger partial charge is 0.394 e. The number of carbonyl (C=O) groups excluding carboxylic acids is 1. The minimum absolute atomic E-state index is 0.171. The van der Waals surface area contributed by atoms with Gasteiger partial charge in [0.1, 0.15) is 5.69 Å². The van der Waals surface area contributed by atoms with Crippen LogP contribution in [0.4, 0.5) is 0 Å². The second-order valence-electron chi connectivity index (χ2n) is 5.15. The van der Waals surface area contributed by atoms with Gasteiger partial charge >= 0.3 is 0 Å². The number of aromatic nitrogens is 1. The van der Waals surface area contributed by atoms with E-state index in [1.807, 2.05) is 30.7 Å². The third-order valence-electron chi connectivity index (χ3n) is 3.33. The summed E-state index contributed by atoms with van der Waals surface area (Å²) in [7, 11) is 0. The lowest BCUT2D eigenvalue weighted by Crippen LogP contribution is -2.32. The monoisotopic (exact) mass is 306 g/mol. The van der Waals surface area contributed by atoms with Gasteiger partial charge in [0.15, 0.2) is 0 Å². The van der Waals surface area contributed by atoms with Gasteiger partial charge in [-0.3, -0.25) is 4.79 Å². The van der Waals surface area contributed by atoms with E-state index in [9.17, 15) is 9.90 Å². The number of benzene rings is 1. The van der Waals surface area contributed by atoms with E-state index >= 15 is 0 Å². The number of rotatable bonds is 5. The molecule has 2 aromatic rings. The second-order valence-corrected chi connectivity index (χ2v) is 5.59. The van der Waals surface area contributed by atoms with Crippen molar-refractivity contribution in [2.45, 2.75) is 25.9 Å². The lowest BCUT2D eigenvalue weighted by atomic mass is 10.1. The van der Waals surface area contributed by atoms with Gasteiger partial charge in [-0.15, -0.1) is 0 Å². The molecule has 0 bridgehead atoms. The fourth-order valence-electron chi connectivity index (χ4n) is 2.20. The summed E-state index contributed by atoms with van der Waals surface area (Å²) < 4.78 is 1.89. The van der Waals surface area contributed by atoms with Gasteiger partial charge in [0.25, 0.3) is 5.91 Å². The minimum Gasteiger partial charge on any atom is -0.394 e. The Hall–Kier alpha value is -1.78. The summed E-state index contributed by atoms with van der Waals surface area (Å²) in [4.78, 5) is 12.4. The average Bonchev–Trinajstić information content (AvgIpc) is 2.95. The molecule has 1 unspecified atom stereocenters. The highest BCUT2D eigenvalue weighted by atomic mass is 35.5. The summed E-state index contributed by atoms with van der Waals surface area (Å²) in [5.74, 6) is -0.206. The van der Waals surface area contributed by atoms with Crippen LogP contribution in [-0.4, -0.2) is 22.2 Å². The Bertz CT molecular complexity index is 605. The first kappa shape index (κ1) is 15.6. The molecule has 112 valence electrons. The van der Waals surface area contributed by atoms with Gasteiger partial charge in [-0.25, -0.2) is 0 Å². The van der Waals surface area contributed by atoms with Gasteiger partial charge in [-0.1, -0.05) is 23.7 Å². The van der Waals surface area contributed by atoms with Crippen molar-refractivity contribution < 1.29 is 9.90 Å². The number of hydrogen-bond donors (Lipinski definition) is 2. The Balaban J connectivity index is 2.16. The van der Waals surface area contributed by atoms with E-state index in [1.165, 1.54) is 0 Å². The van der Waals surface area contributed by atoms with Crippen LogP contribution in [0.25, 0.3) is 0 Å². The van der Waals surface area contributed by atoms with E-state index in [4.69, 9.17) is 11.6 Å². The van der Waals surface area contributed by atoms with Crippen molar-refractivity contribution >= 4 is 17.5 Å². The fourth-order valence-corrected chi connectivity index (χ4v) is 2.32. The SMILES string of the molecule is CC(C)n1cccc1C(=O)NC(CO)c1ccc(Cl)cc1. The zero-order valence-electron chi connectivity index (χ0n) is 12.1. The summed E-state index contributed by atoms with van der Waals surface area (Å²) in [6, 6.07) is 10.4. The van der Waals surface area contributed by atoms with Crippen LogP contribution < -0.4 is 5.32 Å². The molecular weight excluding hydrogens is 288 g/mol. The predicted octanol–water partition coefficient (Wildman–Crippen LogP) is 3.19. The number of hydrogen-bond acceptors (Lipinski definition) is 2. The Morgan fingerprint density at radius 1 is 1.29 bits per heavy atom. The lowest BCUT2D eigenvalue weighted by molar-refractivity contribution is 0.0905. The Morgan fingerprint density at radius 3 is 2.52 bits per heavy atom. The Morgan fingerprint density at radius 2 is 1.95 bits per heavy atom. The number of aliphatic hydroxyl groups excluding tert-OH is 1. The fraction of sp³-hybridized carbons (Fsp3) is 0.312. The van der Waals surface area contributed by atoms with E-state index in [0.29, 0.717) is 10.7 Å². The minimum atomic E-state index is -0.453. The molecule has 5 heteroatoms. The van der Waals surface area contributed by atoms with Gasteiger partial charge in [0, 0.05) is 17.3 Å². The lowest BCUT2D eigenvalue weighted by Gasteiger charge is -2.18. The number of nitrogens with one attached hydrogen (secondary N) is 1. The third kappa shape index (κ3) is 3.65. The summed E-state index contributed by atoms with van der Waals surface area (Å²) >= 11 is 5.85. The highest BCUT2D eigenvalue weighted by molar-refractivity contribution is 6.30. The number of amides is 1. The van der Waals surface area contributed by atoms with E-state index < -0.39 is 6.04 Å². The molecule has 4 nitrogen and oxygen atoms in total. The highest BCUT2D eigenvalue weighted by Gasteiger charge is 2.18. The van der Waals surface area contributed by atoms with Gasteiger partial charge in [0.05, 0.1) is 12.6 Å². The maximum Gasteiger partial charge on any atom is 0.268 e. The molecule has 21 heavy (non-hydrogen) atoms. The zero-order chi connectivity index (χ0) is 15.4. The van der Waals surface area contributed by atoms with Crippen LogP contribution in [0.1, 0.15) is 42.0 Å². The smallest absolute Gasteiger partial charge is 0.268 e. The number of aliphatic hydroxyl groups is 1. The van der Waals surface area contributed by atoms with Crippen LogP contribution in [0.3, 0.4) is 0 Å². The number of nitrogens with zero attached hydrogens (tertiary/aromatic N) is 1. The third-order valence-corrected chi connectivity index (χ3v) is 3.58. The van der Waals surface area contributed by atoms with E-state index in [2.05, 4.69) is 5.32 Å². The van der Waals surface area contributed by atoms with Gasteiger partial charge in [0.2, 0.25) is 0 Å². The molecule has 2 rings (SSSR count). The Labute approximate surface area is 129 Å². The molecule has 2 N–H and O–H groups in total. The van der Waals surface area contributed by atoms with E-state index in [0.717, 1.165) is 5.56 Å². The first-order chi connectivity index (χ1) is 10.0. The van der Waals surface area contributed by atoms with Crippen molar-refractivity contribution in [3.63, 3.8) is 0 Å². The Kier molecular flexibility index (Phi) is 5.04. The second kappa shape index (κ2) is 6.78. The highest BCUT2D eigenvalue weighted by Crippen LogP contribution is 2.18. The van der Waals surface area contributed by atoms with Crippen LogP contribution in [0.15, 0.2) is 42.6 Å². The van der Waals surface area contributed by atoms with Crippen LogP contribution in [0.5, 0.6) is 0 Å². The molecular formula is C16H19ClN2O2. The number of halogens is 1. The average molecular weight is 307 g/mol. The maximum atomic E-state index is 12.4. The van der Waals surface area contributed by atoms with Gasteiger partial charge in [-0.05, 0) is 43.7 Å². The van der Waals surface area contributed by atoms with Crippen LogP contribution in [0, 0.1) is 0 Å². The first-order valence-corrected chi connectivity index (χ1v) is 7.24. The molecule has 1 aromatic heterocycles. The topological polar surface area (TPSA) is 54.3 Å². The van der Waals surface area contributed by atoms with E-state index in [1.54, 1.807) is 30.3 Å². The maximum absolute atomic E-state index is 12.4. The molecule has 1 amide bonds. The quantitative estimate of drug-likeness (QED) is 0.891. The summed E-state index contributed by atoms with van der Waals surface area (Å²) in [5.41, 5.74) is 1.40. The van der Waals surface area contributed by atoms with Crippen molar-refractivity contribution in [2.24, 2.45) is 0 Å². The van der Waals surface area contributed by atoms with Crippen LogP contribution in [0.2, 0.25) is 5.02 Å². The zero-order valence-corrected chi connectivity index (χ0v) is 12.8. The van der Waals surface area contributed by atoms with Crippen molar-refractivity contribution in [1.82, 2.24) is 9.88 Å². The van der Waals surface area contributed by atoms with Crippen LogP contribution >= 0.6 is 11.6 Å². The first-order valence-electron chi connectivity index (χ1n) is 6.87. The van der Waals surface area contributed by atoms with Crippen LogP contribution in [-0.2, 0) is 0 Å². The van der Waals surface area contributed by atoms with Crippen molar-refractivity contribution in [3.05, 3.63) is 58.9 Å². The number of carbonyl (C=O) groups is 1. The predicted molar refractivity (Wildman–Crippen MR) is 83.6 cm³/mol. The molecule has 0 aliphatic heterocycles. The standard InChI is InChI=1S/C16H19ClN2O2/c1-11(2)19-9-3-4-15(19)16(21)18-14(10-20)12-5-7-13(17)8-6-12/h3-9,11,14,20H,10H2,1-2H3,(H,18,21). The summed E-state index contributed by atoms with van der Waals surface area (Å²) in [5, 5.41) is 13.0. The normalized spacial score (nSPS) is 12.4.